The van der Waals surface area contributed by atoms with Gasteiger partial charge in [-0.1, -0.05) is 6.07 Å². The Bertz CT molecular complexity index is 738. The number of hydrogen-bond donors (Lipinski definition) is 2. The summed E-state index contributed by atoms with van der Waals surface area (Å²) < 4.78 is 16.1. The van der Waals surface area contributed by atoms with E-state index in [0.717, 1.165) is 31.2 Å². The van der Waals surface area contributed by atoms with Gasteiger partial charge < -0.3 is 15.2 Å². The highest BCUT2D eigenvalue weighted by Crippen LogP contribution is 2.15. The quantitative estimate of drug-likeness (QED) is 0.303. The summed E-state index contributed by atoms with van der Waals surface area (Å²) in [6, 6.07) is 6.18. The Balaban J connectivity index is 0.00000420. The van der Waals surface area contributed by atoms with Gasteiger partial charge in [-0.25, -0.2) is 14.4 Å². The van der Waals surface area contributed by atoms with Crippen LogP contribution in [0.5, 0.6) is 0 Å². The number of guanidine groups is 1. The van der Waals surface area contributed by atoms with Crippen molar-refractivity contribution in [2.75, 3.05) is 19.6 Å². The van der Waals surface area contributed by atoms with E-state index in [2.05, 4.69) is 53.2 Å². The lowest BCUT2D eigenvalue weighted by atomic mass is 10.2. The van der Waals surface area contributed by atoms with Gasteiger partial charge in [-0.15, -0.1) is 24.0 Å². The van der Waals surface area contributed by atoms with Crippen LogP contribution in [0, 0.1) is 5.82 Å². The van der Waals surface area contributed by atoms with Crippen LogP contribution in [0.4, 0.5) is 4.39 Å². The van der Waals surface area contributed by atoms with Crippen molar-refractivity contribution < 1.29 is 4.39 Å². The molecule has 8 heteroatoms. The molecule has 2 rings (SSSR count). The van der Waals surface area contributed by atoms with Crippen LogP contribution in [0.25, 0.3) is 5.69 Å². The molecule has 0 bridgehead atoms. The van der Waals surface area contributed by atoms with E-state index >= 15 is 0 Å². The predicted octanol–water partition coefficient (Wildman–Crippen LogP) is 3.80. The molecule has 0 aliphatic rings. The molecule has 0 radical (unpaired) electrons. The molecule has 0 atom stereocenters. The molecule has 1 aromatic heterocycles. The van der Waals surface area contributed by atoms with Crippen LogP contribution in [0.1, 0.15) is 40.2 Å². The lowest BCUT2D eigenvalue weighted by Gasteiger charge is -2.30. The number of nitrogens with one attached hydrogen (secondary N) is 2. The first-order valence-corrected chi connectivity index (χ1v) is 9.97. The van der Waals surface area contributed by atoms with Crippen LogP contribution in [0.3, 0.4) is 0 Å². The Labute approximate surface area is 191 Å². The predicted molar refractivity (Wildman–Crippen MR) is 129 cm³/mol. The van der Waals surface area contributed by atoms with Crippen LogP contribution in [0.15, 0.2) is 41.9 Å². The number of aliphatic imine (C=N–C) groups is 1. The summed E-state index contributed by atoms with van der Waals surface area (Å²) in [5.41, 5.74) is 1.31. The van der Waals surface area contributed by atoms with Crippen molar-refractivity contribution in [3.63, 3.8) is 0 Å². The number of imidazole rings is 1. The smallest absolute Gasteiger partial charge is 0.191 e. The maximum absolute atomic E-state index is 14.4. The van der Waals surface area contributed by atoms with Crippen LogP contribution >= 0.6 is 24.0 Å². The summed E-state index contributed by atoms with van der Waals surface area (Å²) in [6.45, 7) is 13.8. The summed E-state index contributed by atoms with van der Waals surface area (Å²) >= 11 is 0. The molecule has 1 heterocycles. The number of hydrogen-bond acceptors (Lipinski definition) is 3. The van der Waals surface area contributed by atoms with E-state index in [4.69, 9.17) is 0 Å². The van der Waals surface area contributed by atoms with Crippen molar-refractivity contribution in [1.82, 2.24) is 25.1 Å². The molecule has 162 valence electrons. The zero-order valence-electron chi connectivity index (χ0n) is 18.0. The fraction of sp³-hybridized carbons (Fsp3) is 0.524. The Hall–Kier alpha value is -1.68. The molecule has 0 aliphatic carbocycles. The number of aromatic nitrogens is 2. The van der Waals surface area contributed by atoms with Crippen molar-refractivity contribution in [1.29, 1.82) is 0 Å². The molecule has 0 fully saturated rings. The first kappa shape index (κ1) is 25.4. The number of benzene rings is 1. The highest BCUT2D eigenvalue weighted by atomic mass is 127. The lowest BCUT2D eigenvalue weighted by Crippen LogP contribution is -2.45. The van der Waals surface area contributed by atoms with Crippen molar-refractivity contribution in [2.24, 2.45) is 4.99 Å². The molecule has 0 amide bonds. The van der Waals surface area contributed by atoms with E-state index in [1.807, 2.05) is 13.0 Å². The summed E-state index contributed by atoms with van der Waals surface area (Å²) in [6.07, 6.45) is 4.94. The van der Waals surface area contributed by atoms with Gasteiger partial charge in [-0.2, -0.15) is 0 Å². The Morgan fingerprint density at radius 2 is 1.93 bits per heavy atom. The minimum Gasteiger partial charge on any atom is -0.357 e. The van der Waals surface area contributed by atoms with E-state index in [1.165, 1.54) is 6.07 Å². The van der Waals surface area contributed by atoms with Crippen LogP contribution < -0.4 is 10.6 Å². The van der Waals surface area contributed by atoms with Crippen LogP contribution in [0.2, 0.25) is 0 Å². The zero-order chi connectivity index (χ0) is 20.5. The zero-order valence-corrected chi connectivity index (χ0v) is 20.4. The lowest BCUT2D eigenvalue weighted by molar-refractivity contribution is 0.178. The summed E-state index contributed by atoms with van der Waals surface area (Å²) in [7, 11) is 0. The van der Waals surface area contributed by atoms with Gasteiger partial charge in [-0.3, -0.25) is 4.90 Å². The number of nitrogens with zero attached hydrogens (tertiary/aromatic N) is 4. The molecule has 29 heavy (non-hydrogen) atoms. The summed E-state index contributed by atoms with van der Waals surface area (Å²) in [4.78, 5) is 11.0. The van der Waals surface area contributed by atoms with E-state index in [1.54, 1.807) is 29.4 Å². The second kappa shape index (κ2) is 12.8. The largest absolute Gasteiger partial charge is 0.357 e. The molecule has 0 spiro atoms. The van der Waals surface area contributed by atoms with Crippen molar-refractivity contribution in [3.8, 4) is 5.69 Å². The molecule has 2 aromatic rings. The fourth-order valence-electron chi connectivity index (χ4n) is 3.19. The second-order valence-corrected chi connectivity index (χ2v) is 7.30. The first-order chi connectivity index (χ1) is 13.4. The molecular weight excluding hydrogens is 482 g/mol. The van der Waals surface area contributed by atoms with Gasteiger partial charge in [0.25, 0.3) is 0 Å². The highest BCUT2D eigenvalue weighted by Gasteiger charge is 2.12. The van der Waals surface area contributed by atoms with Crippen LogP contribution in [-0.4, -0.2) is 52.1 Å². The third-order valence-corrected chi connectivity index (χ3v) is 4.55. The SMILES string of the molecule is CCNC(=NCc1ccc(-n2ccnc2)c(F)c1)NCCN(C(C)C)C(C)C.I. The summed E-state index contributed by atoms with van der Waals surface area (Å²) in [5.74, 6) is 0.460. The molecule has 0 saturated heterocycles. The third-order valence-electron chi connectivity index (χ3n) is 4.55. The van der Waals surface area contributed by atoms with Gasteiger partial charge in [0.1, 0.15) is 5.82 Å². The standard InChI is InChI=1S/C21H33FN6.HI/c1-6-24-21(25-10-12-28(16(2)3)17(4)5)26-14-18-7-8-20(19(22)13-18)27-11-9-23-15-27;/h7-9,11,13,15-17H,6,10,12,14H2,1-5H3,(H2,24,25,26);1H. The van der Waals surface area contributed by atoms with Gasteiger partial charge in [0.15, 0.2) is 5.96 Å². The maximum Gasteiger partial charge on any atom is 0.191 e. The maximum atomic E-state index is 14.4. The van der Waals surface area contributed by atoms with Crippen molar-refractivity contribution in [3.05, 3.63) is 48.3 Å². The fourth-order valence-corrected chi connectivity index (χ4v) is 3.19. The Kier molecular flexibility index (Phi) is 11.2. The summed E-state index contributed by atoms with van der Waals surface area (Å²) in [5, 5.41) is 6.62. The van der Waals surface area contributed by atoms with E-state index in [9.17, 15) is 4.39 Å². The van der Waals surface area contributed by atoms with Crippen LogP contribution in [-0.2, 0) is 6.54 Å². The molecule has 2 N–H and O–H groups in total. The normalized spacial score (nSPS) is 11.8. The number of halogens is 2. The van der Waals surface area contributed by atoms with E-state index in [-0.39, 0.29) is 29.8 Å². The molecule has 0 aliphatic heterocycles. The van der Waals surface area contributed by atoms with E-state index < -0.39 is 0 Å². The van der Waals surface area contributed by atoms with Crippen molar-refractivity contribution in [2.45, 2.75) is 53.2 Å². The second-order valence-electron chi connectivity index (χ2n) is 7.30. The topological polar surface area (TPSA) is 57.5 Å². The highest BCUT2D eigenvalue weighted by molar-refractivity contribution is 14.0. The molecule has 0 saturated carbocycles. The Morgan fingerprint density at radius 1 is 1.21 bits per heavy atom. The average molecular weight is 516 g/mol. The van der Waals surface area contributed by atoms with Gasteiger partial charge >= 0.3 is 0 Å². The van der Waals surface area contributed by atoms with Gasteiger partial charge in [0, 0.05) is 44.1 Å². The Morgan fingerprint density at radius 3 is 2.48 bits per heavy atom. The van der Waals surface area contributed by atoms with Gasteiger partial charge in [0.2, 0.25) is 0 Å². The van der Waals surface area contributed by atoms with Gasteiger partial charge in [0.05, 0.1) is 18.6 Å². The van der Waals surface area contributed by atoms with E-state index in [0.29, 0.717) is 24.3 Å². The minimum absolute atomic E-state index is 0. The first-order valence-electron chi connectivity index (χ1n) is 9.97. The molecule has 6 nitrogen and oxygen atoms in total. The average Bonchev–Trinajstić information content (AvgIpc) is 3.16. The third kappa shape index (κ3) is 7.93. The minimum atomic E-state index is -0.284. The molecule has 0 unspecified atom stereocenters. The monoisotopic (exact) mass is 516 g/mol. The van der Waals surface area contributed by atoms with Gasteiger partial charge in [-0.05, 0) is 52.3 Å². The number of rotatable bonds is 9. The van der Waals surface area contributed by atoms with Crippen molar-refractivity contribution >= 4 is 29.9 Å². The molecule has 1 aromatic carbocycles. The molecular formula is C21H34FIN6.